The van der Waals surface area contributed by atoms with Gasteiger partial charge in [0.1, 0.15) is 29.5 Å². The van der Waals surface area contributed by atoms with Crippen LogP contribution in [-0.2, 0) is 11.2 Å². The first-order valence-corrected chi connectivity index (χ1v) is 13.7. The number of aromatic hydroxyl groups is 1. The Labute approximate surface area is 222 Å². The summed E-state index contributed by atoms with van der Waals surface area (Å²) in [5, 5.41) is 12.4. The molecule has 3 aliphatic rings. The summed E-state index contributed by atoms with van der Waals surface area (Å²) in [7, 11) is 0. The number of carbonyl (C=O) groups excluding carboxylic acids is 2. The van der Waals surface area contributed by atoms with Gasteiger partial charge >= 0.3 is 0 Å². The van der Waals surface area contributed by atoms with Crippen molar-refractivity contribution in [2.75, 3.05) is 19.7 Å². The van der Waals surface area contributed by atoms with Crippen molar-refractivity contribution >= 4 is 29.0 Å². The normalized spacial score (nSPS) is 24.8. The van der Waals surface area contributed by atoms with Crippen molar-refractivity contribution in [3.8, 4) is 17.2 Å². The number of likely N-dealkylation sites (tertiary alicyclic amines) is 1. The number of hydrogen-bond donors (Lipinski definition) is 2. The number of imide groups is 1. The van der Waals surface area contributed by atoms with Crippen molar-refractivity contribution < 1.29 is 24.2 Å². The topological polar surface area (TPSA) is 88.1 Å². The van der Waals surface area contributed by atoms with Gasteiger partial charge in [0.05, 0.1) is 4.91 Å². The van der Waals surface area contributed by atoms with E-state index in [0.29, 0.717) is 23.3 Å². The van der Waals surface area contributed by atoms with Crippen molar-refractivity contribution in [1.82, 2.24) is 10.2 Å². The van der Waals surface area contributed by atoms with E-state index in [9.17, 15) is 14.7 Å². The number of amides is 2. The van der Waals surface area contributed by atoms with Crippen LogP contribution in [0, 0.1) is 20.8 Å². The third-order valence-corrected chi connectivity index (χ3v) is 8.70. The average Bonchev–Trinajstić information content (AvgIpc) is 3.44. The molecule has 0 aromatic heterocycles. The summed E-state index contributed by atoms with van der Waals surface area (Å²) in [6, 6.07) is 7.90. The summed E-state index contributed by atoms with van der Waals surface area (Å²) in [6.45, 7) is 10.6. The molecule has 0 bridgehead atoms. The van der Waals surface area contributed by atoms with Gasteiger partial charge in [-0.05, 0) is 112 Å². The van der Waals surface area contributed by atoms with Gasteiger partial charge in [-0.2, -0.15) is 0 Å². The maximum absolute atomic E-state index is 11.8. The highest BCUT2D eigenvalue weighted by Crippen LogP contribution is 2.43. The lowest BCUT2D eigenvalue weighted by molar-refractivity contribution is -0.115. The Hall–Kier alpha value is -2.97. The molecule has 2 atom stereocenters. The van der Waals surface area contributed by atoms with E-state index in [1.165, 1.54) is 0 Å². The van der Waals surface area contributed by atoms with Gasteiger partial charge in [-0.15, -0.1) is 0 Å². The van der Waals surface area contributed by atoms with Crippen LogP contribution in [-0.4, -0.2) is 52.5 Å². The van der Waals surface area contributed by atoms with Crippen molar-refractivity contribution in [1.29, 1.82) is 0 Å². The predicted molar refractivity (Wildman–Crippen MR) is 145 cm³/mol. The molecule has 2 aromatic rings. The van der Waals surface area contributed by atoms with Crippen LogP contribution in [0.4, 0.5) is 4.79 Å². The Morgan fingerprint density at radius 2 is 1.95 bits per heavy atom. The Balaban J connectivity index is 1.21. The zero-order chi connectivity index (χ0) is 26.3. The van der Waals surface area contributed by atoms with E-state index < -0.39 is 0 Å². The molecule has 2 aromatic carbocycles. The van der Waals surface area contributed by atoms with Crippen LogP contribution < -0.4 is 14.8 Å². The molecule has 0 radical (unpaired) electrons. The van der Waals surface area contributed by atoms with E-state index in [4.69, 9.17) is 9.47 Å². The van der Waals surface area contributed by atoms with E-state index in [-0.39, 0.29) is 16.7 Å². The van der Waals surface area contributed by atoms with Crippen LogP contribution in [0.5, 0.6) is 17.2 Å². The van der Waals surface area contributed by atoms with Crippen molar-refractivity contribution in [2.24, 2.45) is 0 Å². The second-order valence-corrected chi connectivity index (χ2v) is 11.6. The molecule has 2 saturated heterocycles. The van der Waals surface area contributed by atoms with E-state index in [1.807, 2.05) is 45.0 Å². The summed E-state index contributed by atoms with van der Waals surface area (Å²) in [6.07, 6.45) is 5.74. The van der Waals surface area contributed by atoms with E-state index in [2.05, 4.69) is 17.1 Å². The molecule has 1 unspecified atom stereocenters. The van der Waals surface area contributed by atoms with E-state index in [0.717, 1.165) is 89.9 Å². The lowest BCUT2D eigenvalue weighted by Gasteiger charge is -2.41. The first-order chi connectivity index (χ1) is 17.6. The third kappa shape index (κ3) is 5.22. The summed E-state index contributed by atoms with van der Waals surface area (Å²) in [5.74, 6) is 1.77. The number of ether oxygens (including phenoxy) is 2. The fourth-order valence-electron chi connectivity index (χ4n) is 5.55. The standard InChI is InChI=1S/C29H34N2O5S/c1-17-18(2)26-23(19(3)25(17)32)11-12-29(4,36-26)16-31-13-5-6-21(31)15-35-22-9-7-20(8-10-22)14-24-27(33)30-28(34)37-24/h7-10,14,21,32H,5-6,11-13,15-16H2,1-4H3,(H,30,33,34)/t21-,29?/m1/s1. The van der Waals surface area contributed by atoms with Gasteiger partial charge in [-0.1, -0.05) is 12.1 Å². The van der Waals surface area contributed by atoms with Crippen LogP contribution in [0.1, 0.15) is 54.0 Å². The molecule has 2 fully saturated rings. The SMILES string of the molecule is Cc1c(C)c2c(c(C)c1O)CCC(C)(CN1CCC[C@@H]1COc1ccc(C=C3SC(=O)NC3=O)cc1)O2. The quantitative estimate of drug-likeness (QED) is 0.500. The molecule has 5 rings (SSSR count). The minimum atomic E-state index is -0.352. The number of phenolic OH excluding ortho intramolecular Hbond substituents is 1. The highest BCUT2D eigenvalue weighted by Gasteiger charge is 2.39. The highest BCUT2D eigenvalue weighted by molar-refractivity contribution is 8.18. The van der Waals surface area contributed by atoms with Crippen LogP contribution >= 0.6 is 11.8 Å². The molecule has 0 spiro atoms. The highest BCUT2D eigenvalue weighted by atomic mass is 32.2. The minimum absolute atomic E-state index is 0.294. The minimum Gasteiger partial charge on any atom is -0.507 e. The van der Waals surface area contributed by atoms with Crippen molar-refractivity contribution in [3.05, 3.63) is 57.0 Å². The molecule has 3 heterocycles. The Kier molecular flexibility index (Phi) is 6.98. The van der Waals surface area contributed by atoms with Crippen LogP contribution in [0.15, 0.2) is 29.2 Å². The summed E-state index contributed by atoms with van der Waals surface area (Å²) >= 11 is 0.916. The smallest absolute Gasteiger partial charge is 0.290 e. The Bertz CT molecular complexity index is 1270. The van der Waals surface area contributed by atoms with Gasteiger partial charge in [0.2, 0.25) is 0 Å². The van der Waals surface area contributed by atoms with Gasteiger partial charge in [0.15, 0.2) is 0 Å². The number of carbonyl (C=O) groups is 2. The number of fused-ring (bicyclic) bond motifs is 1. The van der Waals surface area contributed by atoms with Crippen molar-refractivity contribution in [3.63, 3.8) is 0 Å². The maximum atomic E-state index is 11.8. The number of benzene rings is 2. The summed E-state index contributed by atoms with van der Waals surface area (Å²) in [5.41, 5.74) is 4.55. The number of nitrogens with one attached hydrogen (secondary N) is 1. The monoisotopic (exact) mass is 522 g/mol. The zero-order valence-corrected chi connectivity index (χ0v) is 22.7. The zero-order valence-electron chi connectivity index (χ0n) is 21.8. The van der Waals surface area contributed by atoms with Gasteiger partial charge in [0.25, 0.3) is 11.1 Å². The third-order valence-electron chi connectivity index (χ3n) is 7.89. The molecule has 0 saturated carbocycles. The Morgan fingerprint density at radius 3 is 2.65 bits per heavy atom. The molecule has 8 heteroatoms. The molecule has 196 valence electrons. The summed E-state index contributed by atoms with van der Waals surface area (Å²) < 4.78 is 12.8. The van der Waals surface area contributed by atoms with Gasteiger partial charge in [-0.25, -0.2) is 0 Å². The molecular formula is C29H34N2O5S. The lowest BCUT2D eigenvalue weighted by Crippen LogP contribution is -2.50. The predicted octanol–water partition coefficient (Wildman–Crippen LogP) is 5.27. The van der Waals surface area contributed by atoms with E-state index in [1.54, 1.807) is 6.08 Å². The molecule has 2 amide bonds. The maximum Gasteiger partial charge on any atom is 0.290 e. The number of nitrogens with zero attached hydrogens (tertiary/aromatic N) is 1. The number of hydrogen-bond acceptors (Lipinski definition) is 7. The number of phenols is 1. The lowest BCUT2D eigenvalue weighted by atomic mass is 9.87. The largest absolute Gasteiger partial charge is 0.507 e. The average molecular weight is 523 g/mol. The second-order valence-electron chi connectivity index (χ2n) is 10.6. The Morgan fingerprint density at radius 1 is 1.19 bits per heavy atom. The van der Waals surface area contributed by atoms with Gasteiger partial charge in [0, 0.05) is 18.2 Å². The molecular weight excluding hydrogens is 488 g/mol. The molecule has 3 aliphatic heterocycles. The first kappa shape index (κ1) is 25.7. The molecule has 37 heavy (non-hydrogen) atoms. The van der Waals surface area contributed by atoms with Gasteiger partial charge in [-0.3, -0.25) is 19.8 Å². The van der Waals surface area contributed by atoms with Gasteiger partial charge < -0.3 is 14.6 Å². The second kappa shape index (κ2) is 10.1. The van der Waals surface area contributed by atoms with Crippen LogP contribution in [0.25, 0.3) is 6.08 Å². The molecule has 2 N–H and O–H groups in total. The van der Waals surface area contributed by atoms with E-state index >= 15 is 0 Å². The summed E-state index contributed by atoms with van der Waals surface area (Å²) in [4.78, 5) is 26.0. The fraction of sp³-hybridized carbons (Fsp3) is 0.448. The number of thioether (sulfide) groups is 1. The first-order valence-electron chi connectivity index (χ1n) is 12.9. The number of rotatable bonds is 6. The van der Waals surface area contributed by atoms with Crippen LogP contribution in [0.3, 0.4) is 0 Å². The molecule has 7 nitrogen and oxygen atoms in total. The van der Waals surface area contributed by atoms with Crippen molar-refractivity contribution in [2.45, 2.75) is 65.0 Å². The fourth-order valence-corrected chi connectivity index (χ4v) is 6.24. The molecule has 0 aliphatic carbocycles. The van der Waals surface area contributed by atoms with Crippen LogP contribution in [0.2, 0.25) is 0 Å².